The van der Waals surface area contributed by atoms with Crippen LogP contribution in [0.5, 0.6) is 0 Å². The van der Waals surface area contributed by atoms with Crippen LogP contribution in [0.2, 0.25) is 0 Å². The third kappa shape index (κ3) is 2.78. The van der Waals surface area contributed by atoms with Crippen molar-refractivity contribution in [2.24, 2.45) is 0 Å². The first-order valence-electron chi connectivity index (χ1n) is 7.93. The van der Waals surface area contributed by atoms with E-state index in [0.29, 0.717) is 5.95 Å². The van der Waals surface area contributed by atoms with E-state index in [2.05, 4.69) is 66.3 Å². The molecule has 1 N–H and O–H groups in total. The van der Waals surface area contributed by atoms with Gasteiger partial charge in [0, 0.05) is 30.4 Å². The van der Waals surface area contributed by atoms with Crippen LogP contribution in [0, 0.1) is 6.92 Å². The third-order valence-corrected chi connectivity index (χ3v) is 4.25. The molecule has 0 saturated heterocycles. The van der Waals surface area contributed by atoms with E-state index in [4.69, 9.17) is 4.98 Å². The van der Waals surface area contributed by atoms with Gasteiger partial charge >= 0.3 is 0 Å². The van der Waals surface area contributed by atoms with E-state index in [-0.39, 0.29) is 5.54 Å². The zero-order valence-electron chi connectivity index (χ0n) is 13.8. The summed E-state index contributed by atoms with van der Waals surface area (Å²) < 4.78 is 0. The Kier molecular flexibility index (Phi) is 3.77. The largest absolute Gasteiger partial charge is 0.354 e. The molecule has 1 aliphatic rings. The highest BCUT2D eigenvalue weighted by Gasteiger charge is 2.33. The molecule has 0 bridgehead atoms. The Bertz CT molecular complexity index is 679. The molecule has 1 aromatic heterocycles. The predicted molar refractivity (Wildman–Crippen MR) is 91.3 cm³/mol. The van der Waals surface area contributed by atoms with Crippen LogP contribution in [0.3, 0.4) is 0 Å². The van der Waals surface area contributed by atoms with E-state index < -0.39 is 0 Å². The highest BCUT2D eigenvalue weighted by Crippen LogP contribution is 2.34. The number of aryl methyl sites for hydroxylation is 1. The molecule has 0 atom stereocenters. The van der Waals surface area contributed by atoms with Gasteiger partial charge in [0.2, 0.25) is 5.95 Å². The van der Waals surface area contributed by atoms with Gasteiger partial charge in [-0.3, -0.25) is 0 Å². The lowest BCUT2D eigenvalue weighted by Crippen LogP contribution is -2.49. The van der Waals surface area contributed by atoms with Crippen LogP contribution >= 0.6 is 0 Å². The lowest BCUT2D eigenvalue weighted by Gasteiger charge is -2.44. The number of anilines is 2. The van der Waals surface area contributed by atoms with Crippen molar-refractivity contribution in [3.63, 3.8) is 0 Å². The molecular formula is C18H24N4. The van der Waals surface area contributed by atoms with Crippen molar-refractivity contribution in [1.82, 2.24) is 9.97 Å². The summed E-state index contributed by atoms with van der Waals surface area (Å²) >= 11 is 0. The van der Waals surface area contributed by atoms with Crippen LogP contribution in [0.4, 0.5) is 11.8 Å². The Balaban J connectivity index is 2.00. The molecule has 4 nitrogen and oxygen atoms in total. The van der Waals surface area contributed by atoms with Gasteiger partial charge in [-0.2, -0.15) is 4.98 Å². The van der Waals surface area contributed by atoms with E-state index in [9.17, 15) is 0 Å². The summed E-state index contributed by atoms with van der Waals surface area (Å²) in [5, 5.41) is 3.23. The number of nitrogens with one attached hydrogen (secondary N) is 1. The van der Waals surface area contributed by atoms with Crippen molar-refractivity contribution in [2.45, 2.75) is 46.2 Å². The molecule has 0 unspecified atom stereocenters. The van der Waals surface area contributed by atoms with Crippen LogP contribution in [0.1, 0.15) is 37.6 Å². The minimum atomic E-state index is 0.0403. The summed E-state index contributed by atoms with van der Waals surface area (Å²) in [6.45, 7) is 10.4. The zero-order chi connectivity index (χ0) is 15.7. The van der Waals surface area contributed by atoms with Crippen molar-refractivity contribution in [1.29, 1.82) is 0 Å². The first-order chi connectivity index (χ1) is 10.5. The van der Waals surface area contributed by atoms with Gasteiger partial charge in [0.05, 0.1) is 0 Å². The SMILES string of the molecule is CCNc1nc(C)cc(N2Cc3ccccc3CC2(C)C)n1. The van der Waals surface area contributed by atoms with Crippen molar-refractivity contribution in [2.75, 3.05) is 16.8 Å². The number of benzene rings is 1. The van der Waals surface area contributed by atoms with Gasteiger partial charge in [0.1, 0.15) is 5.82 Å². The Morgan fingerprint density at radius 2 is 1.91 bits per heavy atom. The molecule has 0 aliphatic carbocycles. The lowest BCUT2D eigenvalue weighted by atomic mass is 9.85. The van der Waals surface area contributed by atoms with Gasteiger partial charge in [-0.1, -0.05) is 24.3 Å². The number of hydrogen-bond donors (Lipinski definition) is 1. The first-order valence-corrected chi connectivity index (χ1v) is 7.93. The average Bonchev–Trinajstić information content (AvgIpc) is 2.45. The zero-order valence-corrected chi connectivity index (χ0v) is 13.8. The van der Waals surface area contributed by atoms with Crippen LogP contribution in [0.25, 0.3) is 0 Å². The number of hydrogen-bond acceptors (Lipinski definition) is 4. The molecule has 0 saturated carbocycles. The number of rotatable bonds is 3. The molecule has 1 aliphatic heterocycles. The molecule has 2 aromatic rings. The van der Waals surface area contributed by atoms with Crippen LogP contribution in [-0.4, -0.2) is 22.1 Å². The topological polar surface area (TPSA) is 41.1 Å². The maximum atomic E-state index is 4.72. The molecule has 2 heterocycles. The number of fused-ring (bicyclic) bond motifs is 1. The second kappa shape index (κ2) is 5.59. The second-order valence-electron chi connectivity index (χ2n) is 6.57. The highest BCUT2D eigenvalue weighted by molar-refractivity contribution is 5.51. The second-order valence-corrected chi connectivity index (χ2v) is 6.57. The summed E-state index contributed by atoms with van der Waals surface area (Å²) in [6.07, 6.45) is 1.03. The lowest BCUT2D eigenvalue weighted by molar-refractivity contribution is 0.427. The summed E-state index contributed by atoms with van der Waals surface area (Å²) in [5.74, 6) is 1.72. The molecule has 3 rings (SSSR count). The first kappa shape index (κ1) is 14.8. The normalized spacial score (nSPS) is 16.3. The summed E-state index contributed by atoms with van der Waals surface area (Å²) in [6, 6.07) is 10.8. The van der Waals surface area contributed by atoms with Crippen LogP contribution in [0.15, 0.2) is 30.3 Å². The van der Waals surface area contributed by atoms with Gasteiger partial charge in [0.15, 0.2) is 0 Å². The smallest absolute Gasteiger partial charge is 0.224 e. The van der Waals surface area contributed by atoms with Crippen molar-refractivity contribution < 1.29 is 0 Å². The van der Waals surface area contributed by atoms with Crippen LogP contribution in [-0.2, 0) is 13.0 Å². The maximum absolute atomic E-state index is 4.72. The van der Waals surface area contributed by atoms with E-state index in [1.54, 1.807) is 0 Å². The van der Waals surface area contributed by atoms with Crippen molar-refractivity contribution in [3.8, 4) is 0 Å². The summed E-state index contributed by atoms with van der Waals surface area (Å²) in [5.41, 5.74) is 3.87. The van der Waals surface area contributed by atoms with E-state index in [0.717, 1.165) is 31.0 Å². The molecule has 0 amide bonds. The quantitative estimate of drug-likeness (QED) is 0.940. The Hall–Kier alpha value is -2.10. The fourth-order valence-electron chi connectivity index (χ4n) is 3.15. The predicted octanol–water partition coefficient (Wildman–Crippen LogP) is 3.56. The van der Waals surface area contributed by atoms with Gasteiger partial charge in [-0.05, 0) is 45.2 Å². The maximum Gasteiger partial charge on any atom is 0.224 e. The molecule has 0 radical (unpaired) electrons. The Labute approximate surface area is 132 Å². The minimum absolute atomic E-state index is 0.0403. The molecule has 4 heteroatoms. The molecular weight excluding hydrogens is 272 g/mol. The van der Waals surface area contributed by atoms with Gasteiger partial charge in [-0.15, -0.1) is 0 Å². The summed E-state index contributed by atoms with van der Waals surface area (Å²) in [7, 11) is 0. The molecule has 0 fully saturated rings. The van der Waals surface area contributed by atoms with E-state index in [1.807, 2.05) is 6.92 Å². The highest BCUT2D eigenvalue weighted by atomic mass is 15.3. The fraction of sp³-hybridized carbons (Fsp3) is 0.444. The van der Waals surface area contributed by atoms with Gasteiger partial charge in [0.25, 0.3) is 0 Å². The van der Waals surface area contributed by atoms with Crippen molar-refractivity contribution in [3.05, 3.63) is 47.2 Å². The molecule has 1 aromatic carbocycles. The third-order valence-electron chi connectivity index (χ3n) is 4.25. The van der Waals surface area contributed by atoms with Crippen LogP contribution < -0.4 is 10.2 Å². The van der Waals surface area contributed by atoms with Crippen molar-refractivity contribution >= 4 is 11.8 Å². The van der Waals surface area contributed by atoms with E-state index >= 15 is 0 Å². The minimum Gasteiger partial charge on any atom is -0.354 e. The average molecular weight is 296 g/mol. The molecule has 116 valence electrons. The van der Waals surface area contributed by atoms with Gasteiger partial charge in [-0.25, -0.2) is 4.98 Å². The molecule has 22 heavy (non-hydrogen) atoms. The Morgan fingerprint density at radius 3 is 2.64 bits per heavy atom. The monoisotopic (exact) mass is 296 g/mol. The van der Waals surface area contributed by atoms with Gasteiger partial charge < -0.3 is 10.2 Å². The molecule has 0 spiro atoms. The standard InChI is InChI=1S/C18H24N4/c1-5-19-17-20-13(2)10-16(21-17)22-12-15-9-7-6-8-14(15)11-18(22,3)4/h6-10H,5,11-12H2,1-4H3,(H,19,20,21). The fourth-order valence-corrected chi connectivity index (χ4v) is 3.15. The Morgan fingerprint density at radius 1 is 1.18 bits per heavy atom. The number of nitrogens with zero attached hydrogens (tertiary/aromatic N) is 3. The summed E-state index contributed by atoms with van der Waals surface area (Å²) in [4.78, 5) is 11.6. The number of aromatic nitrogens is 2. The van der Waals surface area contributed by atoms with E-state index in [1.165, 1.54) is 11.1 Å².